The quantitative estimate of drug-likeness (QED) is 0.464. The number of hydrogen-bond donors (Lipinski definition) is 2. The number of carbonyl (C=O) groups excluding carboxylic acids is 1. The molecule has 0 radical (unpaired) electrons. The Hall–Kier alpha value is -0.650. The standard InChI is InChI=1S/C8H18N2O3/c1-7(2,13-5-9)8(3,10)6(11)12-4/h5,9-10H2,1-4H3. The van der Waals surface area contributed by atoms with E-state index in [0.29, 0.717) is 0 Å². The van der Waals surface area contributed by atoms with Crippen LogP contribution in [0.25, 0.3) is 0 Å². The van der Waals surface area contributed by atoms with E-state index in [1.807, 2.05) is 0 Å². The highest BCUT2D eigenvalue weighted by Crippen LogP contribution is 2.23. The van der Waals surface area contributed by atoms with Crippen LogP contribution in [0.1, 0.15) is 20.8 Å². The summed E-state index contributed by atoms with van der Waals surface area (Å²) in [5.41, 5.74) is 8.94. The minimum absolute atomic E-state index is 0.0107. The molecule has 5 heteroatoms. The summed E-state index contributed by atoms with van der Waals surface area (Å²) in [7, 11) is 1.28. The van der Waals surface area contributed by atoms with Crippen molar-refractivity contribution in [2.45, 2.75) is 31.9 Å². The molecule has 0 aliphatic carbocycles. The van der Waals surface area contributed by atoms with Crippen molar-refractivity contribution < 1.29 is 14.3 Å². The molecule has 1 atom stereocenters. The SMILES string of the molecule is COC(=O)C(C)(N)C(C)(C)OCN. The van der Waals surface area contributed by atoms with E-state index in [0.717, 1.165) is 0 Å². The van der Waals surface area contributed by atoms with Crippen molar-refractivity contribution in [1.29, 1.82) is 0 Å². The Morgan fingerprint density at radius 3 is 2.15 bits per heavy atom. The second kappa shape index (κ2) is 4.04. The molecule has 0 bridgehead atoms. The first-order chi connectivity index (χ1) is 5.79. The van der Waals surface area contributed by atoms with Crippen LogP contribution >= 0.6 is 0 Å². The van der Waals surface area contributed by atoms with Crippen molar-refractivity contribution in [2.24, 2.45) is 11.5 Å². The third kappa shape index (κ3) is 2.40. The number of esters is 1. The van der Waals surface area contributed by atoms with Gasteiger partial charge in [0.2, 0.25) is 0 Å². The molecule has 0 rings (SSSR count). The first-order valence-electron chi connectivity index (χ1n) is 4.01. The number of ether oxygens (including phenoxy) is 2. The van der Waals surface area contributed by atoms with E-state index in [9.17, 15) is 4.79 Å². The number of hydrogen-bond acceptors (Lipinski definition) is 5. The summed E-state index contributed by atoms with van der Waals surface area (Å²) in [6, 6.07) is 0. The summed E-state index contributed by atoms with van der Waals surface area (Å²) in [6.07, 6.45) is 0. The smallest absolute Gasteiger partial charge is 0.328 e. The van der Waals surface area contributed by atoms with E-state index in [2.05, 4.69) is 4.74 Å². The molecule has 78 valence electrons. The Bertz CT molecular complexity index is 190. The molecular formula is C8H18N2O3. The van der Waals surface area contributed by atoms with E-state index < -0.39 is 17.1 Å². The average Bonchev–Trinajstić information content (AvgIpc) is 2.02. The second-order valence-electron chi connectivity index (χ2n) is 3.52. The van der Waals surface area contributed by atoms with Crippen LogP contribution in [-0.4, -0.2) is 30.9 Å². The van der Waals surface area contributed by atoms with Crippen LogP contribution in [0, 0.1) is 0 Å². The van der Waals surface area contributed by atoms with Crippen LogP contribution in [0.5, 0.6) is 0 Å². The van der Waals surface area contributed by atoms with Gasteiger partial charge in [0.25, 0.3) is 0 Å². The third-order valence-corrected chi connectivity index (χ3v) is 2.30. The second-order valence-corrected chi connectivity index (χ2v) is 3.52. The van der Waals surface area contributed by atoms with Crippen LogP contribution in [0.15, 0.2) is 0 Å². The van der Waals surface area contributed by atoms with Crippen LogP contribution in [0.3, 0.4) is 0 Å². The molecule has 1 unspecified atom stereocenters. The lowest BCUT2D eigenvalue weighted by Gasteiger charge is -2.37. The van der Waals surface area contributed by atoms with Crippen LogP contribution in [0.4, 0.5) is 0 Å². The molecule has 0 spiro atoms. The molecule has 0 saturated carbocycles. The Morgan fingerprint density at radius 2 is 1.85 bits per heavy atom. The fourth-order valence-corrected chi connectivity index (χ4v) is 0.816. The zero-order chi connectivity index (χ0) is 10.7. The first kappa shape index (κ1) is 12.3. The van der Waals surface area contributed by atoms with Gasteiger partial charge >= 0.3 is 5.97 Å². The average molecular weight is 190 g/mol. The Kier molecular flexibility index (Phi) is 3.84. The molecule has 0 aromatic carbocycles. The van der Waals surface area contributed by atoms with Gasteiger partial charge in [-0.05, 0) is 20.8 Å². The molecule has 4 N–H and O–H groups in total. The van der Waals surface area contributed by atoms with Crippen LogP contribution in [-0.2, 0) is 14.3 Å². The first-order valence-corrected chi connectivity index (χ1v) is 4.01. The fourth-order valence-electron chi connectivity index (χ4n) is 0.816. The molecule has 0 saturated heterocycles. The lowest BCUT2D eigenvalue weighted by atomic mass is 9.85. The maximum Gasteiger partial charge on any atom is 0.328 e. The summed E-state index contributed by atoms with van der Waals surface area (Å²) in [4.78, 5) is 11.3. The van der Waals surface area contributed by atoms with Crippen molar-refractivity contribution >= 4 is 5.97 Å². The van der Waals surface area contributed by atoms with Crippen molar-refractivity contribution in [3.63, 3.8) is 0 Å². The Balaban J connectivity index is 4.69. The normalized spacial score (nSPS) is 16.5. The fraction of sp³-hybridized carbons (Fsp3) is 0.875. The summed E-state index contributed by atoms with van der Waals surface area (Å²) in [5, 5.41) is 0. The molecule has 0 amide bonds. The van der Waals surface area contributed by atoms with Gasteiger partial charge in [0.15, 0.2) is 0 Å². The maximum atomic E-state index is 11.3. The van der Waals surface area contributed by atoms with Crippen molar-refractivity contribution in [2.75, 3.05) is 13.8 Å². The minimum atomic E-state index is -1.21. The van der Waals surface area contributed by atoms with E-state index in [1.165, 1.54) is 7.11 Å². The van der Waals surface area contributed by atoms with Gasteiger partial charge in [-0.1, -0.05) is 0 Å². The molecule has 13 heavy (non-hydrogen) atoms. The molecule has 0 fully saturated rings. The van der Waals surface area contributed by atoms with Crippen LogP contribution in [0.2, 0.25) is 0 Å². The molecular weight excluding hydrogens is 172 g/mol. The van der Waals surface area contributed by atoms with E-state index >= 15 is 0 Å². The monoisotopic (exact) mass is 190 g/mol. The Labute approximate surface area is 78.4 Å². The highest BCUT2D eigenvalue weighted by molar-refractivity contribution is 5.81. The van der Waals surface area contributed by atoms with E-state index in [4.69, 9.17) is 16.2 Å². The maximum absolute atomic E-state index is 11.3. The zero-order valence-electron chi connectivity index (χ0n) is 8.59. The number of rotatable bonds is 4. The van der Waals surface area contributed by atoms with Crippen molar-refractivity contribution in [1.82, 2.24) is 0 Å². The molecule has 0 aliphatic heterocycles. The van der Waals surface area contributed by atoms with Gasteiger partial charge in [0.1, 0.15) is 5.54 Å². The molecule has 0 aromatic rings. The molecule has 0 aromatic heterocycles. The topological polar surface area (TPSA) is 87.6 Å². The third-order valence-electron chi connectivity index (χ3n) is 2.30. The predicted molar refractivity (Wildman–Crippen MR) is 48.8 cm³/mol. The summed E-state index contributed by atoms with van der Waals surface area (Å²) < 4.78 is 9.73. The van der Waals surface area contributed by atoms with E-state index in [-0.39, 0.29) is 6.73 Å². The van der Waals surface area contributed by atoms with Gasteiger partial charge in [-0.25, -0.2) is 4.79 Å². The Morgan fingerprint density at radius 1 is 1.38 bits per heavy atom. The molecule has 5 nitrogen and oxygen atoms in total. The lowest BCUT2D eigenvalue weighted by molar-refractivity contribution is -0.160. The van der Waals surface area contributed by atoms with Gasteiger partial charge < -0.3 is 20.9 Å². The van der Waals surface area contributed by atoms with Gasteiger partial charge in [0.05, 0.1) is 19.4 Å². The molecule has 0 aliphatic rings. The van der Waals surface area contributed by atoms with Gasteiger partial charge in [-0.3, -0.25) is 0 Å². The predicted octanol–water partition coefficient (Wildman–Crippen LogP) is -0.412. The highest BCUT2D eigenvalue weighted by Gasteiger charge is 2.46. The van der Waals surface area contributed by atoms with Gasteiger partial charge in [-0.2, -0.15) is 0 Å². The minimum Gasteiger partial charge on any atom is -0.468 e. The summed E-state index contributed by atoms with van der Waals surface area (Å²) in [6.45, 7) is 4.94. The largest absolute Gasteiger partial charge is 0.468 e. The molecule has 0 heterocycles. The van der Waals surface area contributed by atoms with Gasteiger partial charge in [-0.15, -0.1) is 0 Å². The number of carbonyl (C=O) groups is 1. The summed E-state index contributed by atoms with van der Waals surface area (Å²) in [5.74, 6) is -0.522. The summed E-state index contributed by atoms with van der Waals surface area (Å²) >= 11 is 0. The van der Waals surface area contributed by atoms with Crippen LogP contribution < -0.4 is 11.5 Å². The zero-order valence-corrected chi connectivity index (χ0v) is 8.59. The lowest BCUT2D eigenvalue weighted by Crippen LogP contribution is -2.62. The highest BCUT2D eigenvalue weighted by atomic mass is 16.5. The van der Waals surface area contributed by atoms with E-state index in [1.54, 1.807) is 20.8 Å². The van der Waals surface area contributed by atoms with Crippen molar-refractivity contribution in [3.05, 3.63) is 0 Å². The van der Waals surface area contributed by atoms with Gasteiger partial charge in [0, 0.05) is 0 Å². The van der Waals surface area contributed by atoms with Crippen molar-refractivity contribution in [3.8, 4) is 0 Å². The number of nitrogens with two attached hydrogens (primary N) is 2. The number of methoxy groups -OCH3 is 1.